The van der Waals surface area contributed by atoms with Gasteiger partial charge in [-0.1, -0.05) is 23.7 Å². The fourth-order valence-corrected chi connectivity index (χ4v) is 2.15. The molecule has 0 amide bonds. The summed E-state index contributed by atoms with van der Waals surface area (Å²) in [6.07, 6.45) is 0.692. The molecule has 0 atom stereocenters. The lowest BCUT2D eigenvalue weighted by molar-refractivity contribution is -0.384. The average Bonchev–Trinajstić information content (AvgIpc) is 2.47. The summed E-state index contributed by atoms with van der Waals surface area (Å²) >= 11 is 5.90. The Bertz CT molecular complexity index is 710. The Labute approximate surface area is 126 Å². The van der Waals surface area contributed by atoms with Crippen LogP contribution in [0.5, 0.6) is 0 Å². The van der Waals surface area contributed by atoms with Crippen LogP contribution >= 0.6 is 11.6 Å². The van der Waals surface area contributed by atoms with Crippen LogP contribution in [0.3, 0.4) is 0 Å². The van der Waals surface area contributed by atoms with Crippen molar-refractivity contribution in [2.75, 3.05) is 11.9 Å². The summed E-state index contributed by atoms with van der Waals surface area (Å²) in [4.78, 5) is 10.5. The van der Waals surface area contributed by atoms with Gasteiger partial charge in [-0.15, -0.1) is 0 Å². The molecule has 0 aliphatic rings. The van der Waals surface area contributed by atoms with E-state index >= 15 is 0 Å². The van der Waals surface area contributed by atoms with E-state index in [9.17, 15) is 10.1 Å². The number of nitro groups is 1. The lowest BCUT2D eigenvalue weighted by Crippen LogP contribution is -2.07. The Morgan fingerprint density at radius 1 is 1.29 bits per heavy atom. The van der Waals surface area contributed by atoms with Gasteiger partial charge in [-0.25, -0.2) is 0 Å². The smallest absolute Gasteiger partial charge is 0.293 e. The molecule has 1 N–H and O–H groups in total. The third kappa shape index (κ3) is 3.94. The van der Waals surface area contributed by atoms with E-state index in [4.69, 9.17) is 16.9 Å². The van der Waals surface area contributed by atoms with Crippen molar-refractivity contribution in [3.63, 3.8) is 0 Å². The quantitative estimate of drug-likeness (QED) is 0.673. The van der Waals surface area contributed by atoms with Crippen molar-refractivity contribution in [3.05, 3.63) is 68.7 Å². The van der Waals surface area contributed by atoms with Gasteiger partial charge in [0.2, 0.25) is 0 Å². The highest BCUT2D eigenvalue weighted by molar-refractivity contribution is 6.30. The molecule has 5 nitrogen and oxygen atoms in total. The Kier molecular flexibility index (Phi) is 4.75. The average molecular weight is 302 g/mol. The summed E-state index contributed by atoms with van der Waals surface area (Å²) in [7, 11) is 0. The molecule has 2 rings (SSSR count). The van der Waals surface area contributed by atoms with E-state index in [1.807, 2.05) is 24.3 Å². The summed E-state index contributed by atoms with van der Waals surface area (Å²) in [5.74, 6) is 0. The minimum Gasteiger partial charge on any atom is -0.379 e. The molecular formula is C15H12ClN3O2. The molecule has 6 heteroatoms. The summed E-state index contributed by atoms with van der Waals surface area (Å²) in [5, 5.41) is 23.5. The molecule has 0 bridgehead atoms. The first-order valence-electron chi connectivity index (χ1n) is 6.27. The Morgan fingerprint density at radius 3 is 2.76 bits per heavy atom. The van der Waals surface area contributed by atoms with Gasteiger partial charge in [0.05, 0.1) is 16.6 Å². The number of halogens is 1. The monoisotopic (exact) mass is 301 g/mol. The first kappa shape index (κ1) is 14.8. The van der Waals surface area contributed by atoms with Crippen molar-refractivity contribution < 1.29 is 4.92 Å². The third-order valence-electron chi connectivity index (χ3n) is 2.94. The van der Waals surface area contributed by atoms with Crippen molar-refractivity contribution in [1.82, 2.24) is 0 Å². The topological polar surface area (TPSA) is 79.0 Å². The van der Waals surface area contributed by atoms with Crippen LogP contribution in [0.1, 0.15) is 11.1 Å². The van der Waals surface area contributed by atoms with E-state index < -0.39 is 4.92 Å². The number of nitriles is 1. The first-order valence-corrected chi connectivity index (χ1v) is 6.65. The zero-order valence-corrected chi connectivity index (χ0v) is 11.8. The summed E-state index contributed by atoms with van der Waals surface area (Å²) in [6, 6.07) is 13.7. The molecule has 0 aromatic heterocycles. The van der Waals surface area contributed by atoms with Crippen LogP contribution in [-0.2, 0) is 6.42 Å². The summed E-state index contributed by atoms with van der Waals surface area (Å²) < 4.78 is 0. The van der Waals surface area contributed by atoms with Crippen molar-refractivity contribution in [1.29, 1.82) is 5.26 Å². The van der Waals surface area contributed by atoms with Gasteiger partial charge in [-0.3, -0.25) is 10.1 Å². The number of nitrogens with zero attached hydrogens (tertiary/aromatic N) is 2. The van der Waals surface area contributed by atoms with E-state index in [1.54, 1.807) is 18.2 Å². The number of hydrogen-bond donors (Lipinski definition) is 1. The summed E-state index contributed by atoms with van der Waals surface area (Å²) in [6.45, 7) is 0.535. The van der Waals surface area contributed by atoms with Crippen LogP contribution in [0.4, 0.5) is 11.4 Å². The van der Waals surface area contributed by atoms with Gasteiger partial charge < -0.3 is 5.32 Å². The molecule has 0 fully saturated rings. The molecule has 21 heavy (non-hydrogen) atoms. The molecule has 0 spiro atoms. The maximum absolute atomic E-state index is 11.0. The van der Waals surface area contributed by atoms with Gasteiger partial charge in [-0.05, 0) is 36.2 Å². The van der Waals surface area contributed by atoms with Crippen LogP contribution in [0.2, 0.25) is 5.02 Å². The lowest BCUT2D eigenvalue weighted by atomic mass is 10.1. The van der Waals surface area contributed by atoms with E-state index in [0.717, 1.165) is 5.56 Å². The van der Waals surface area contributed by atoms with E-state index in [2.05, 4.69) is 5.32 Å². The minimum atomic E-state index is -0.497. The van der Waals surface area contributed by atoms with Gasteiger partial charge in [0.25, 0.3) is 5.69 Å². The molecule has 0 aliphatic carbocycles. The van der Waals surface area contributed by atoms with Crippen molar-refractivity contribution >= 4 is 23.0 Å². The predicted octanol–water partition coefficient (Wildman–Crippen LogP) is 3.77. The van der Waals surface area contributed by atoms with E-state index in [0.29, 0.717) is 23.7 Å². The zero-order chi connectivity index (χ0) is 15.2. The highest BCUT2D eigenvalue weighted by Gasteiger charge is 2.14. The Morgan fingerprint density at radius 2 is 2.10 bits per heavy atom. The standard InChI is InChI=1S/C15H12ClN3O2/c16-13-3-1-2-11(8-13)6-7-18-14-5-4-12(10-17)9-15(14)19(20)21/h1-5,8-9,18H,6-7H2. The van der Waals surface area contributed by atoms with E-state index in [1.165, 1.54) is 6.07 Å². The normalized spacial score (nSPS) is 9.90. The van der Waals surface area contributed by atoms with Crippen molar-refractivity contribution in [3.8, 4) is 6.07 Å². The second kappa shape index (κ2) is 6.73. The Hall–Kier alpha value is -2.58. The van der Waals surface area contributed by atoms with Crippen LogP contribution < -0.4 is 5.32 Å². The molecule has 0 unspecified atom stereocenters. The van der Waals surface area contributed by atoms with Crippen LogP contribution in [0.15, 0.2) is 42.5 Å². The van der Waals surface area contributed by atoms with E-state index in [-0.39, 0.29) is 11.3 Å². The second-order valence-electron chi connectivity index (χ2n) is 4.41. The van der Waals surface area contributed by atoms with Gasteiger partial charge in [0.15, 0.2) is 0 Å². The number of nitrogens with one attached hydrogen (secondary N) is 1. The fraction of sp³-hybridized carbons (Fsp3) is 0.133. The van der Waals surface area contributed by atoms with Gasteiger partial charge in [0, 0.05) is 17.6 Å². The largest absolute Gasteiger partial charge is 0.379 e. The third-order valence-corrected chi connectivity index (χ3v) is 3.18. The van der Waals surface area contributed by atoms with Crippen LogP contribution in [0, 0.1) is 21.4 Å². The fourth-order valence-electron chi connectivity index (χ4n) is 1.94. The molecule has 106 valence electrons. The molecule has 0 aliphatic heterocycles. The highest BCUT2D eigenvalue weighted by Crippen LogP contribution is 2.25. The van der Waals surface area contributed by atoms with Crippen LogP contribution in [0.25, 0.3) is 0 Å². The maximum Gasteiger partial charge on any atom is 0.293 e. The maximum atomic E-state index is 11.0. The molecule has 0 saturated carbocycles. The number of anilines is 1. The second-order valence-corrected chi connectivity index (χ2v) is 4.84. The Balaban J connectivity index is 2.06. The highest BCUT2D eigenvalue weighted by atomic mass is 35.5. The zero-order valence-electron chi connectivity index (χ0n) is 11.0. The number of nitro benzene ring substituents is 1. The lowest BCUT2D eigenvalue weighted by Gasteiger charge is -2.07. The van der Waals surface area contributed by atoms with Crippen molar-refractivity contribution in [2.24, 2.45) is 0 Å². The van der Waals surface area contributed by atoms with Crippen LogP contribution in [-0.4, -0.2) is 11.5 Å². The molecular weight excluding hydrogens is 290 g/mol. The molecule has 2 aromatic carbocycles. The number of rotatable bonds is 5. The number of benzene rings is 2. The predicted molar refractivity (Wildman–Crippen MR) is 81.5 cm³/mol. The molecule has 0 heterocycles. The minimum absolute atomic E-state index is 0.0971. The van der Waals surface area contributed by atoms with Gasteiger partial charge in [-0.2, -0.15) is 5.26 Å². The SMILES string of the molecule is N#Cc1ccc(NCCc2cccc(Cl)c2)c([N+](=O)[O-])c1. The van der Waals surface area contributed by atoms with Crippen molar-refractivity contribution in [2.45, 2.75) is 6.42 Å². The molecule has 0 saturated heterocycles. The molecule has 0 radical (unpaired) electrons. The molecule has 2 aromatic rings. The first-order chi connectivity index (χ1) is 10.1. The van der Waals surface area contributed by atoms with Gasteiger partial charge >= 0.3 is 0 Å². The number of hydrogen-bond acceptors (Lipinski definition) is 4. The van der Waals surface area contributed by atoms with Gasteiger partial charge in [0.1, 0.15) is 5.69 Å². The summed E-state index contributed by atoms with van der Waals surface area (Å²) in [5.41, 5.74) is 1.62.